The van der Waals surface area contributed by atoms with E-state index in [0.717, 1.165) is 43.9 Å². The molecule has 1 unspecified atom stereocenters. The zero-order valence-corrected chi connectivity index (χ0v) is 15.1. The van der Waals surface area contributed by atoms with Gasteiger partial charge in [-0.1, -0.05) is 6.07 Å². The zero-order valence-electron chi connectivity index (χ0n) is 14.3. The van der Waals surface area contributed by atoms with Crippen molar-refractivity contribution in [3.05, 3.63) is 45.6 Å². The standard InChI is InChI=1S/C19H25NO3S/c1-22-16-12-14-7-9-20(8-3-4-10-21)19(18-6-5-11-24-18)15(14)13-17(16)23-2/h5-6,11-13,19,21H,3-4,7-10H2,1-2H3. The lowest BCUT2D eigenvalue weighted by Gasteiger charge is -2.37. The van der Waals surface area contributed by atoms with E-state index in [1.165, 1.54) is 16.0 Å². The highest BCUT2D eigenvalue weighted by Gasteiger charge is 2.30. The van der Waals surface area contributed by atoms with Crippen LogP contribution in [0, 0.1) is 0 Å². The second-order valence-corrected chi connectivity index (χ2v) is 7.02. The van der Waals surface area contributed by atoms with Crippen LogP contribution in [0.2, 0.25) is 0 Å². The first-order valence-corrected chi connectivity index (χ1v) is 9.29. The Bertz CT molecular complexity index is 657. The Hall–Kier alpha value is -1.56. The van der Waals surface area contributed by atoms with E-state index in [2.05, 4.69) is 34.5 Å². The maximum atomic E-state index is 9.08. The van der Waals surface area contributed by atoms with Crippen molar-refractivity contribution in [3.8, 4) is 11.5 Å². The lowest BCUT2D eigenvalue weighted by Crippen LogP contribution is -2.36. The number of thiophene rings is 1. The van der Waals surface area contributed by atoms with Gasteiger partial charge in [0.2, 0.25) is 0 Å². The second kappa shape index (κ2) is 8.01. The van der Waals surface area contributed by atoms with Crippen LogP contribution in [0.5, 0.6) is 11.5 Å². The number of ether oxygens (including phenoxy) is 2. The number of unbranched alkanes of at least 4 members (excludes halogenated alkanes) is 1. The summed E-state index contributed by atoms with van der Waals surface area (Å²) in [5, 5.41) is 11.2. The average Bonchev–Trinajstić information content (AvgIpc) is 3.14. The molecule has 0 saturated carbocycles. The Balaban J connectivity index is 1.98. The van der Waals surface area contributed by atoms with Crippen molar-refractivity contribution < 1.29 is 14.6 Å². The van der Waals surface area contributed by atoms with Gasteiger partial charge in [-0.25, -0.2) is 0 Å². The van der Waals surface area contributed by atoms with Crippen molar-refractivity contribution in [3.63, 3.8) is 0 Å². The van der Waals surface area contributed by atoms with Crippen molar-refractivity contribution >= 4 is 11.3 Å². The van der Waals surface area contributed by atoms with Crippen molar-refractivity contribution in [2.24, 2.45) is 0 Å². The topological polar surface area (TPSA) is 41.9 Å². The fourth-order valence-corrected chi connectivity index (χ4v) is 4.32. The normalized spacial score (nSPS) is 17.5. The molecule has 5 heteroatoms. The predicted octanol–water partition coefficient (Wildman–Crippen LogP) is 3.49. The molecule has 130 valence electrons. The Labute approximate surface area is 147 Å². The molecule has 0 fully saturated rings. The summed E-state index contributed by atoms with van der Waals surface area (Å²) in [7, 11) is 3.37. The first-order valence-electron chi connectivity index (χ1n) is 8.41. The summed E-state index contributed by atoms with van der Waals surface area (Å²) in [6, 6.07) is 8.84. The van der Waals surface area contributed by atoms with Gasteiger partial charge in [0, 0.05) is 18.0 Å². The van der Waals surface area contributed by atoms with E-state index in [9.17, 15) is 0 Å². The van der Waals surface area contributed by atoms with E-state index < -0.39 is 0 Å². The largest absolute Gasteiger partial charge is 0.493 e. The summed E-state index contributed by atoms with van der Waals surface area (Å²) in [4.78, 5) is 3.88. The first-order chi connectivity index (χ1) is 11.8. The van der Waals surface area contributed by atoms with Crippen LogP contribution in [-0.4, -0.2) is 43.9 Å². The lowest BCUT2D eigenvalue weighted by molar-refractivity contribution is 0.200. The van der Waals surface area contributed by atoms with Gasteiger partial charge in [0.1, 0.15) is 0 Å². The summed E-state index contributed by atoms with van der Waals surface area (Å²) >= 11 is 1.80. The average molecular weight is 347 g/mol. The summed E-state index contributed by atoms with van der Waals surface area (Å²) in [5.74, 6) is 1.59. The van der Waals surface area contributed by atoms with E-state index in [1.54, 1.807) is 25.6 Å². The van der Waals surface area contributed by atoms with E-state index >= 15 is 0 Å². The van der Waals surface area contributed by atoms with Crippen LogP contribution in [0.15, 0.2) is 29.6 Å². The quantitative estimate of drug-likeness (QED) is 0.779. The maximum absolute atomic E-state index is 9.08. The van der Waals surface area contributed by atoms with Crippen molar-refractivity contribution in [1.29, 1.82) is 0 Å². The van der Waals surface area contributed by atoms with Gasteiger partial charge in [0.05, 0.1) is 20.3 Å². The van der Waals surface area contributed by atoms with Gasteiger partial charge >= 0.3 is 0 Å². The molecule has 0 amide bonds. The highest BCUT2D eigenvalue weighted by atomic mass is 32.1. The molecule has 1 aliphatic rings. The molecule has 2 heterocycles. The van der Waals surface area contributed by atoms with E-state index in [4.69, 9.17) is 14.6 Å². The highest BCUT2D eigenvalue weighted by Crippen LogP contribution is 2.42. The van der Waals surface area contributed by atoms with Crippen LogP contribution in [0.1, 0.15) is 34.9 Å². The molecule has 0 saturated heterocycles. The maximum Gasteiger partial charge on any atom is 0.161 e. The molecule has 1 atom stereocenters. The number of benzene rings is 1. The van der Waals surface area contributed by atoms with E-state index in [1.807, 2.05) is 0 Å². The second-order valence-electron chi connectivity index (χ2n) is 6.04. The minimum atomic E-state index is 0.257. The van der Waals surface area contributed by atoms with E-state index in [0.29, 0.717) is 0 Å². The number of nitrogens with zero attached hydrogens (tertiary/aromatic N) is 1. The molecule has 24 heavy (non-hydrogen) atoms. The minimum absolute atomic E-state index is 0.257. The van der Waals surface area contributed by atoms with Crippen LogP contribution in [0.3, 0.4) is 0 Å². The third kappa shape index (κ3) is 3.43. The first kappa shape index (κ1) is 17.3. The zero-order chi connectivity index (χ0) is 16.9. The van der Waals surface area contributed by atoms with Crippen LogP contribution >= 0.6 is 11.3 Å². The SMILES string of the molecule is COc1cc2c(cc1OC)C(c1cccs1)N(CCCCO)CC2. The molecule has 1 N–H and O–H groups in total. The fourth-order valence-electron chi connectivity index (χ4n) is 3.45. The molecular weight excluding hydrogens is 322 g/mol. The fraction of sp³-hybridized carbons (Fsp3) is 0.474. The third-order valence-electron chi connectivity index (χ3n) is 4.64. The molecule has 3 rings (SSSR count). The van der Waals surface area contributed by atoms with Gasteiger partial charge in [-0.05, 0) is 60.5 Å². The minimum Gasteiger partial charge on any atom is -0.493 e. The Kier molecular flexibility index (Phi) is 5.76. The third-order valence-corrected chi connectivity index (χ3v) is 5.56. The molecule has 0 bridgehead atoms. The number of hydrogen-bond donors (Lipinski definition) is 1. The van der Waals surface area contributed by atoms with Crippen LogP contribution in [0.4, 0.5) is 0 Å². The van der Waals surface area contributed by atoms with Crippen LogP contribution in [0.25, 0.3) is 0 Å². The van der Waals surface area contributed by atoms with Gasteiger partial charge in [-0.15, -0.1) is 11.3 Å². The molecule has 1 aromatic carbocycles. The molecule has 0 radical (unpaired) electrons. The molecule has 2 aromatic rings. The molecule has 1 aromatic heterocycles. The number of aliphatic hydroxyl groups is 1. The molecule has 4 nitrogen and oxygen atoms in total. The van der Waals surface area contributed by atoms with Gasteiger partial charge in [0.15, 0.2) is 11.5 Å². The number of hydrogen-bond acceptors (Lipinski definition) is 5. The van der Waals surface area contributed by atoms with Gasteiger partial charge < -0.3 is 14.6 Å². The summed E-state index contributed by atoms with van der Waals surface area (Å²) in [6.07, 6.45) is 2.88. The number of fused-ring (bicyclic) bond motifs is 1. The summed E-state index contributed by atoms with van der Waals surface area (Å²) in [5.41, 5.74) is 2.65. The molecule has 0 aliphatic carbocycles. The van der Waals surface area contributed by atoms with Gasteiger partial charge in [0.25, 0.3) is 0 Å². The smallest absolute Gasteiger partial charge is 0.161 e. The van der Waals surface area contributed by atoms with Crippen LogP contribution in [-0.2, 0) is 6.42 Å². The number of methoxy groups -OCH3 is 2. The summed E-state index contributed by atoms with van der Waals surface area (Å²) in [6.45, 7) is 2.28. The lowest BCUT2D eigenvalue weighted by atomic mass is 9.90. The van der Waals surface area contributed by atoms with E-state index in [-0.39, 0.29) is 12.6 Å². The molecular formula is C19H25NO3S. The Morgan fingerprint density at radius 2 is 2.00 bits per heavy atom. The number of rotatable bonds is 7. The summed E-state index contributed by atoms with van der Waals surface area (Å²) < 4.78 is 11.0. The highest BCUT2D eigenvalue weighted by molar-refractivity contribution is 7.10. The van der Waals surface area contributed by atoms with Gasteiger partial charge in [-0.3, -0.25) is 4.90 Å². The Morgan fingerprint density at radius 3 is 2.67 bits per heavy atom. The predicted molar refractivity (Wildman–Crippen MR) is 97.3 cm³/mol. The van der Waals surface area contributed by atoms with Crippen molar-refractivity contribution in [2.45, 2.75) is 25.3 Å². The van der Waals surface area contributed by atoms with Crippen LogP contribution < -0.4 is 9.47 Å². The molecule has 1 aliphatic heterocycles. The van der Waals surface area contributed by atoms with Gasteiger partial charge in [-0.2, -0.15) is 0 Å². The molecule has 0 spiro atoms. The van der Waals surface area contributed by atoms with Crippen molar-refractivity contribution in [2.75, 3.05) is 33.9 Å². The Morgan fingerprint density at radius 1 is 1.21 bits per heavy atom. The van der Waals surface area contributed by atoms with Crippen molar-refractivity contribution in [1.82, 2.24) is 4.90 Å². The number of aliphatic hydroxyl groups excluding tert-OH is 1. The monoisotopic (exact) mass is 347 g/mol.